The SMILES string of the molecule is COc1cccc(C2N(NC(=O)c3cccnc3)C(I)c3[nH]nc(-c4ccccc4)c3N2N2CCCCC2)c1. The van der Waals surface area contributed by atoms with Crippen molar-refractivity contribution in [3.63, 3.8) is 0 Å². The second kappa shape index (κ2) is 11.3. The molecule has 2 aromatic carbocycles. The second-order valence-electron chi connectivity index (χ2n) is 9.64. The summed E-state index contributed by atoms with van der Waals surface area (Å²) in [5.74, 6) is 0.540. The van der Waals surface area contributed by atoms with E-state index >= 15 is 0 Å². The number of benzene rings is 2. The smallest absolute Gasteiger partial charge is 0.267 e. The second-order valence-corrected chi connectivity index (χ2v) is 10.8. The van der Waals surface area contributed by atoms with Gasteiger partial charge in [0.1, 0.15) is 27.3 Å². The first-order chi connectivity index (χ1) is 19.2. The number of anilines is 1. The molecule has 2 N–H and O–H groups in total. The number of aromatic amines is 1. The van der Waals surface area contributed by atoms with Gasteiger partial charge in [0.05, 0.1) is 18.4 Å². The number of fused-ring (bicyclic) bond motifs is 1. The first-order valence-electron chi connectivity index (χ1n) is 13.1. The van der Waals surface area contributed by atoms with E-state index in [1.165, 1.54) is 6.42 Å². The first kappa shape index (κ1) is 25.8. The van der Waals surface area contributed by atoms with Crippen molar-refractivity contribution >= 4 is 34.2 Å². The summed E-state index contributed by atoms with van der Waals surface area (Å²) in [5.41, 5.74) is 8.61. The lowest BCUT2D eigenvalue weighted by molar-refractivity contribution is 0.0378. The van der Waals surface area contributed by atoms with Crippen LogP contribution in [0.5, 0.6) is 5.75 Å². The third kappa shape index (κ3) is 4.99. The summed E-state index contributed by atoms with van der Waals surface area (Å²) in [5, 5.41) is 14.9. The average molecular weight is 636 g/mol. The number of carbonyl (C=O) groups excluding carboxylic acids is 1. The number of aromatic nitrogens is 3. The van der Waals surface area contributed by atoms with Gasteiger partial charge in [0.15, 0.2) is 0 Å². The number of nitrogens with zero attached hydrogens (tertiary/aromatic N) is 5. The third-order valence-electron chi connectivity index (χ3n) is 7.20. The molecule has 2 unspecified atom stereocenters. The number of hydrogen-bond donors (Lipinski definition) is 2. The number of nitrogens with one attached hydrogen (secondary N) is 2. The quantitative estimate of drug-likeness (QED) is 0.165. The molecule has 0 saturated carbocycles. The topological polar surface area (TPSA) is 89.6 Å². The lowest BCUT2D eigenvalue weighted by Crippen LogP contribution is -2.59. The predicted octanol–water partition coefficient (Wildman–Crippen LogP) is 5.48. The molecule has 4 heterocycles. The molecule has 2 aliphatic rings. The number of alkyl halides is 1. The molecule has 2 atom stereocenters. The predicted molar refractivity (Wildman–Crippen MR) is 158 cm³/mol. The van der Waals surface area contributed by atoms with Gasteiger partial charge in [-0.2, -0.15) is 10.1 Å². The summed E-state index contributed by atoms with van der Waals surface area (Å²) in [6.45, 7) is 1.82. The van der Waals surface area contributed by atoms with E-state index in [9.17, 15) is 4.79 Å². The minimum atomic E-state index is -0.353. The van der Waals surface area contributed by atoms with Crippen molar-refractivity contribution in [1.29, 1.82) is 0 Å². The van der Waals surface area contributed by atoms with Crippen LogP contribution in [0.2, 0.25) is 0 Å². The molecule has 9 nitrogen and oxygen atoms in total. The molecule has 200 valence electrons. The summed E-state index contributed by atoms with van der Waals surface area (Å²) in [4.78, 5) is 17.6. The zero-order chi connectivity index (χ0) is 26.8. The Morgan fingerprint density at radius 3 is 2.62 bits per heavy atom. The van der Waals surface area contributed by atoms with Crippen LogP contribution in [-0.4, -0.2) is 51.3 Å². The fourth-order valence-corrected chi connectivity index (χ4v) is 6.22. The van der Waals surface area contributed by atoms with Gasteiger partial charge in [0, 0.05) is 31.0 Å². The van der Waals surface area contributed by atoms with Crippen molar-refractivity contribution in [2.45, 2.75) is 29.5 Å². The van der Waals surface area contributed by atoms with Gasteiger partial charge in [-0.05, 0) is 42.7 Å². The maximum Gasteiger partial charge on any atom is 0.267 e. The monoisotopic (exact) mass is 635 g/mol. The number of pyridine rings is 1. The molecule has 0 aliphatic carbocycles. The maximum absolute atomic E-state index is 13.5. The molecule has 1 saturated heterocycles. The standard InChI is InChI=1S/C29H30IN7O2/c1-39-23-14-8-12-21(18-23)29-36(34-28(38)22-13-9-15-31-19-22)27(30)25-26(37(29)35-16-6-3-7-17-35)24(32-33-25)20-10-4-2-5-11-20/h2,4-5,8-15,18-19,27,29H,3,6-7,16-17H2,1H3,(H,32,33)(H,34,38). The highest BCUT2D eigenvalue weighted by atomic mass is 127. The summed E-state index contributed by atoms with van der Waals surface area (Å²) in [7, 11) is 1.67. The lowest BCUT2D eigenvalue weighted by Gasteiger charge is -2.51. The minimum Gasteiger partial charge on any atom is -0.497 e. The van der Waals surface area contributed by atoms with E-state index < -0.39 is 0 Å². The van der Waals surface area contributed by atoms with Gasteiger partial charge in [0.2, 0.25) is 0 Å². The molecule has 1 amide bonds. The summed E-state index contributed by atoms with van der Waals surface area (Å²) in [6.07, 6.45) is 6.30. The van der Waals surface area contributed by atoms with Crippen molar-refractivity contribution < 1.29 is 9.53 Å². The van der Waals surface area contributed by atoms with E-state index in [1.807, 2.05) is 41.4 Å². The average Bonchev–Trinajstić information content (AvgIpc) is 3.45. The Morgan fingerprint density at radius 1 is 1.05 bits per heavy atom. The van der Waals surface area contributed by atoms with Gasteiger partial charge in [-0.25, -0.2) is 5.01 Å². The molecule has 0 spiro atoms. The van der Waals surface area contributed by atoms with Crippen molar-refractivity contribution in [3.8, 4) is 17.0 Å². The molecule has 39 heavy (non-hydrogen) atoms. The highest BCUT2D eigenvalue weighted by molar-refractivity contribution is 14.1. The van der Waals surface area contributed by atoms with Crippen LogP contribution in [0.4, 0.5) is 5.69 Å². The number of amides is 1. The highest BCUT2D eigenvalue weighted by Crippen LogP contribution is 2.50. The van der Waals surface area contributed by atoms with Crippen LogP contribution in [0.3, 0.4) is 0 Å². The minimum absolute atomic E-state index is 0.220. The van der Waals surface area contributed by atoms with Gasteiger partial charge in [-0.15, -0.1) is 0 Å². The largest absolute Gasteiger partial charge is 0.497 e. The Labute approximate surface area is 241 Å². The van der Waals surface area contributed by atoms with Crippen molar-refractivity contribution in [1.82, 2.24) is 30.6 Å². The van der Waals surface area contributed by atoms with E-state index in [4.69, 9.17) is 9.84 Å². The molecule has 6 rings (SSSR count). The van der Waals surface area contributed by atoms with Crippen LogP contribution >= 0.6 is 22.6 Å². The van der Waals surface area contributed by atoms with Crippen LogP contribution in [0, 0.1) is 0 Å². The molecule has 10 heteroatoms. The van der Waals surface area contributed by atoms with Crippen LogP contribution in [0.25, 0.3) is 11.3 Å². The zero-order valence-electron chi connectivity index (χ0n) is 21.6. The van der Waals surface area contributed by atoms with Crippen LogP contribution in [0.15, 0.2) is 79.1 Å². The normalized spacial score (nSPS) is 19.9. The highest BCUT2D eigenvalue weighted by Gasteiger charge is 2.46. The van der Waals surface area contributed by atoms with Crippen molar-refractivity contribution in [2.24, 2.45) is 0 Å². The molecule has 4 aromatic rings. The van der Waals surface area contributed by atoms with Gasteiger partial charge in [0.25, 0.3) is 5.91 Å². The van der Waals surface area contributed by atoms with E-state index in [2.05, 4.69) is 66.3 Å². The Balaban J connectivity index is 1.53. The molecular weight excluding hydrogens is 605 g/mol. The number of methoxy groups -OCH3 is 1. The van der Waals surface area contributed by atoms with E-state index in [0.717, 1.165) is 59.9 Å². The molecule has 0 bridgehead atoms. The maximum atomic E-state index is 13.5. The summed E-state index contributed by atoms with van der Waals surface area (Å²) < 4.78 is 5.38. The Hall–Kier alpha value is -3.48. The first-order valence-corrected chi connectivity index (χ1v) is 14.4. The number of hydrazine groups is 2. The van der Waals surface area contributed by atoms with E-state index in [1.54, 1.807) is 31.6 Å². The zero-order valence-corrected chi connectivity index (χ0v) is 23.8. The van der Waals surface area contributed by atoms with Gasteiger partial charge in [-0.3, -0.25) is 25.3 Å². The van der Waals surface area contributed by atoms with Crippen LogP contribution in [0.1, 0.15) is 51.1 Å². The lowest BCUT2D eigenvalue weighted by atomic mass is 10.0. The van der Waals surface area contributed by atoms with Gasteiger partial charge < -0.3 is 4.74 Å². The number of halogens is 1. The molecule has 1 fully saturated rings. The number of hydrogen-bond acceptors (Lipinski definition) is 7. The number of H-pyrrole nitrogens is 1. The van der Waals surface area contributed by atoms with E-state index in [0.29, 0.717) is 5.56 Å². The Kier molecular flexibility index (Phi) is 7.49. The molecule has 2 aromatic heterocycles. The fourth-order valence-electron chi connectivity index (χ4n) is 5.34. The van der Waals surface area contributed by atoms with Crippen molar-refractivity contribution in [3.05, 3.63) is 95.9 Å². The third-order valence-corrected chi connectivity index (χ3v) is 8.43. The van der Waals surface area contributed by atoms with Crippen molar-refractivity contribution in [2.75, 3.05) is 25.2 Å². The van der Waals surface area contributed by atoms with Crippen LogP contribution in [-0.2, 0) is 0 Å². The number of carbonyl (C=O) groups is 1. The number of ether oxygens (including phenoxy) is 1. The molecule has 0 radical (unpaired) electrons. The Morgan fingerprint density at radius 2 is 1.87 bits per heavy atom. The summed E-state index contributed by atoms with van der Waals surface area (Å²) >= 11 is 2.38. The Bertz CT molecular complexity index is 1430. The molecular formula is C29H30IN7O2. The van der Waals surface area contributed by atoms with Gasteiger partial charge >= 0.3 is 0 Å². The fraction of sp³-hybridized carbons (Fsp3) is 0.276. The molecule has 2 aliphatic heterocycles. The number of piperidine rings is 1. The van der Waals surface area contributed by atoms with Gasteiger partial charge in [-0.1, -0.05) is 71.5 Å². The number of rotatable bonds is 6. The van der Waals surface area contributed by atoms with Crippen LogP contribution < -0.4 is 15.2 Å². The summed E-state index contributed by atoms with van der Waals surface area (Å²) in [6, 6.07) is 21.9. The van der Waals surface area contributed by atoms with E-state index in [-0.39, 0.29) is 16.1 Å².